The van der Waals surface area contributed by atoms with Gasteiger partial charge in [0.15, 0.2) is 0 Å². The number of non-ortho nitro benzene ring substituents is 1. The molecule has 32 heavy (non-hydrogen) atoms. The first-order valence-electron chi connectivity index (χ1n) is 10.9. The predicted molar refractivity (Wildman–Crippen MR) is 120 cm³/mol. The molecule has 2 aliphatic rings. The number of nitrogens with one attached hydrogen (secondary N) is 1. The van der Waals surface area contributed by atoms with Gasteiger partial charge < -0.3 is 5.32 Å². The Morgan fingerprint density at radius 2 is 1.84 bits per heavy atom. The maximum Gasteiger partial charge on any atom is 0.269 e. The Kier molecular flexibility index (Phi) is 6.30. The number of nitro groups is 1. The van der Waals surface area contributed by atoms with Crippen LogP contribution in [0.25, 0.3) is 0 Å². The van der Waals surface area contributed by atoms with Gasteiger partial charge in [-0.2, -0.15) is 4.31 Å². The zero-order valence-electron chi connectivity index (χ0n) is 18.0. The van der Waals surface area contributed by atoms with Crippen molar-refractivity contribution in [3.05, 3.63) is 69.3 Å². The third-order valence-electron chi connectivity index (χ3n) is 6.47. The number of hydrogen-bond donors (Lipinski definition) is 1. The molecule has 1 aliphatic carbocycles. The van der Waals surface area contributed by atoms with E-state index in [0.717, 1.165) is 24.8 Å². The van der Waals surface area contributed by atoms with Crippen LogP contribution in [0.5, 0.6) is 0 Å². The average Bonchev–Trinajstić information content (AvgIpc) is 3.27. The average molecular weight is 458 g/mol. The molecule has 1 unspecified atom stereocenters. The monoisotopic (exact) mass is 457 g/mol. The summed E-state index contributed by atoms with van der Waals surface area (Å²) in [6.07, 6.45) is 3.87. The minimum atomic E-state index is -3.57. The first kappa shape index (κ1) is 22.4. The Labute approximate surface area is 187 Å². The number of carbonyl (C=O) groups excluding carboxylic acids is 1. The van der Waals surface area contributed by atoms with Crippen LogP contribution in [0.3, 0.4) is 0 Å². The van der Waals surface area contributed by atoms with Crippen molar-refractivity contribution >= 4 is 21.6 Å². The Bertz CT molecular complexity index is 1140. The molecular formula is C23H27N3O5S. The fourth-order valence-corrected chi connectivity index (χ4v) is 6.06. The Hall–Kier alpha value is -2.78. The molecule has 0 spiro atoms. The van der Waals surface area contributed by atoms with Gasteiger partial charge in [-0.1, -0.05) is 18.2 Å². The Morgan fingerprint density at radius 1 is 1.12 bits per heavy atom. The van der Waals surface area contributed by atoms with E-state index < -0.39 is 14.9 Å². The van der Waals surface area contributed by atoms with Crippen molar-refractivity contribution in [1.29, 1.82) is 0 Å². The highest BCUT2D eigenvalue weighted by atomic mass is 32.2. The molecule has 4 rings (SSSR count). The summed E-state index contributed by atoms with van der Waals surface area (Å²) in [7, 11) is -3.57. The second-order valence-corrected chi connectivity index (χ2v) is 10.5. The van der Waals surface area contributed by atoms with Gasteiger partial charge in [0.25, 0.3) is 5.69 Å². The molecule has 8 nitrogen and oxygen atoms in total. The largest absolute Gasteiger partial charge is 0.349 e. The molecule has 1 N–H and O–H groups in total. The number of benzene rings is 2. The number of amides is 1. The lowest BCUT2D eigenvalue weighted by atomic mass is 9.96. The van der Waals surface area contributed by atoms with E-state index in [0.29, 0.717) is 36.4 Å². The summed E-state index contributed by atoms with van der Waals surface area (Å²) < 4.78 is 27.6. The fraction of sp³-hybridized carbons (Fsp3) is 0.435. The molecule has 0 saturated carbocycles. The fourth-order valence-electron chi connectivity index (χ4n) is 4.54. The minimum absolute atomic E-state index is 0.0198. The molecule has 0 aromatic heterocycles. The van der Waals surface area contributed by atoms with Gasteiger partial charge in [-0.3, -0.25) is 14.9 Å². The predicted octanol–water partition coefficient (Wildman–Crippen LogP) is 3.36. The number of sulfonamides is 1. The van der Waals surface area contributed by atoms with E-state index in [4.69, 9.17) is 0 Å². The molecule has 0 bridgehead atoms. The number of carbonyl (C=O) groups is 1. The van der Waals surface area contributed by atoms with Crippen LogP contribution in [0.2, 0.25) is 0 Å². The molecule has 2 aromatic rings. The lowest BCUT2D eigenvalue weighted by molar-refractivity contribution is -0.384. The molecule has 9 heteroatoms. The summed E-state index contributed by atoms with van der Waals surface area (Å²) in [5.41, 5.74) is 2.99. The molecule has 170 valence electrons. The van der Waals surface area contributed by atoms with E-state index in [1.165, 1.54) is 22.0 Å². The summed E-state index contributed by atoms with van der Waals surface area (Å²) in [5.74, 6) is -0.443. The molecule has 1 aliphatic heterocycles. The SMILES string of the molecule is CC(NC(=O)C1CCN(S(=O)(=O)c2ccc3c(c2)CCC3)CC1)c1cccc([N+](=O)[O-])c1. The molecule has 1 atom stereocenters. The van der Waals surface area contributed by atoms with Gasteiger partial charge in [-0.05, 0) is 67.9 Å². The highest BCUT2D eigenvalue weighted by Gasteiger charge is 2.33. The van der Waals surface area contributed by atoms with Gasteiger partial charge in [0.05, 0.1) is 15.9 Å². The number of rotatable bonds is 6. The van der Waals surface area contributed by atoms with Crippen molar-refractivity contribution < 1.29 is 18.1 Å². The summed E-state index contributed by atoms with van der Waals surface area (Å²) in [6.45, 7) is 2.37. The van der Waals surface area contributed by atoms with E-state index in [2.05, 4.69) is 5.32 Å². The van der Waals surface area contributed by atoms with Crippen molar-refractivity contribution in [2.75, 3.05) is 13.1 Å². The number of piperidine rings is 1. The van der Waals surface area contributed by atoms with Crippen molar-refractivity contribution in [3.8, 4) is 0 Å². The number of nitrogens with zero attached hydrogens (tertiary/aromatic N) is 2. The standard InChI is InChI=1S/C23H27N3O5S/c1-16(19-5-3-7-21(14-19)26(28)29)24-23(27)18-10-12-25(13-11-18)32(30,31)22-9-8-17-4-2-6-20(17)15-22/h3,5,7-9,14-16,18H,2,4,6,10-13H2,1H3,(H,24,27). The van der Waals surface area contributed by atoms with E-state index in [1.807, 2.05) is 6.07 Å². The van der Waals surface area contributed by atoms with Crippen LogP contribution in [0.4, 0.5) is 5.69 Å². The van der Waals surface area contributed by atoms with Crippen molar-refractivity contribution in [2.24, 2.45) is 5.92 Å². The molecule has 0 radical (unpaired) electrons. The van der Waals surface area contributed by atoms with Crippen LogP contribution >= 0.6 is 0 Å². The van der Waals surface area contributed by atoms with Crippen LogP contribution in [-0.2, 0) is 27.7 Å². The third-order valence-corrected chi connectivity index (χ3v) is 8.37. The maximum absolute atomic E-state index is 13.1. The van der Waals surface area contributed by atoms with Crippen LogP contribution in [-0.4, -0.2) is 36.6 Å². The van der Waals surface area contributed by atoms with Gasteiger partial charge in [0.1, 0.15) is 0 Å². The number of aryl methyl sites for hydroxylation is 2. The number of fused-ring (bicyclic) bond motifs is 1. The highest BCUT2D eigenvalue weighted by Crippen LogP contribution is 2.29. The summed E-state index contributed by atoms with van der Waals surface area (Å²) in [6, 6.07) is 11.2. The molecule has 1 heterocycles. The lowest BCUT2D eigenvalue weighted by Gasteiger charge is -2.31. The first-order chi connectivity index (χ1) is 15.3. The molecular weight excluding hydrogens is 430 g/mol. The number of hydrogen-bond acceptors (Lipinski definition) is 5. The normalized spacial score (nSPS) is 18.2. The van der Waals surface area contributed by atoms with E-state index >= 15 is 0 Å². The van der Waals surface area contributed by atoms with Crippen molar-refractivity contribution in [3.63, 3.8) is 0 Å². The van der Waals surface area contributed by atoms with Crippen LogP contribution in [0, 0.1) is 16.0 Å². The molecule has 1 amide bonds. The number of nitro benzene ring substituents is 1. The summed E-state index contributed by atoms with van der Waals surface area (Å²) in [5, 5.41) is 13.9. The smallest absolute Gasteiger partial charge is 0.269 e. The highest BCUT2D eigenvalue weighted by molar-refractivity contribution is 7.89. The van der Waals surface area contributed by atoms with Crippen molar-refractivity contribution in [2.45, 2.75) is 50.0 Å². The first-order valence-corrected chi connectivity index (χ1v) is 12.4. The molecule has 2 aromatic carbocycles. The van der Waals surface area contributed by atoms with Gasteiger partial charge in [-0.25, -0.2) is 8.42 Å². The van der Waals surface area contributed by atoms with Gasteiger partial charge >= 0.3 is 0 Å². The van der Waals surface area contributed by atoms with Crippen molar-refractivity contribution in [1.82, 2.24) is 9.62 Å². The summed E-state index contributed by atoms with van der Waals surface area (Å²) in [4.78, 5) is 23.6. The van der Waals surface area contributed by atoms with E-state index in [1.54, 1.807) is 31.2 Å². The Balaban J connectivity index is 1.36. The minimum Gasteiger partial charge on any atom is -0.349 e. The van der Waals surface area contributed by atoms with Crippen LogP contribution < -0.4 is 5.32 Å². The van der Waals surface area contributed by atoms with E-state index in [9.17, 15) is 23.3 Å². The quantitative estimate of drug-likeness (QED) is 0.528. The third kappa shape index (κ3) is 4.54. The van der Waals surface area contributed by atoms with Crippen LogP contribution in [0.15, 0.2) is 47.4 Å². The van der Waals surface area contributed by atoms with E-state index in [-0.39, 0.29) is 23.6 Å². The van der Waals surface area contributed by atoms with Gasteiger partial charge in [-0.15, -0.1) is 0 Å². The Morgan fingerprint density at radius 3 is 2.56 bits per heavy atom. The molecule has 1 fully saturated rings. The summed E-state index contributed by atoms with van der Waals surface area (Å²) >= 11 is 0. The van der Waals surface area contributed by atoms with Crippen LogP contribution in [0.1, 0.15) is 48.9 Å². The second-order valence-electron chi connectivity index (χ2n) is 8.54. The van der Waals surface area contributed by atoms with Gasteiger partial charge in [0.2, 0.25) is 15.9 Å². The zero-order chi connectivity index (χ0) is 22.9. The zero-order valence-corrected chi connectivity index (χ0v) is 18.8. The lowest BCUT2D eigenvalue weighted by Crippen LogP contribution is -2.43. The van der Waals surface area contributed by atoms with Gasteiger partial charge in [0, 0.05) is 31.1 Å². The molecule has 1 saturated heterocycles. The second kappa shape index (κ2) is 8.99. The maximum atomic E-state index is 13.1. The topological polar surface area (TPSA) is 110 Å².